The zero-order valence-corrected chi connectivity index (χ0v) is 17.1. The molecule has 5 atom stereocenters. The van der Waals surface area contributed by atoms with Gasteiger partial charge in [0.2, 0.25) is 6.41 Å². The van der Waals surface area contributed by atoms with Crippen molar-refractivity contribution in [3.05, 3.63) is 23.8 Å². The number of amides is 1. The second kappa shape index (κ2) is 5.54. The third kappa shape index (κ3) is 1.68. The number of benzene rings is 1. The van der Waals surface area contributed by atoms with Crippen molar-refractivity contribution in [1.82, 2.24) is 4.90 Å². The van der Waals surface area contributed by atoms with Crippen molar-refractivity contribution in [1.29, 1.82) is 0 Å². The van der Waals surface area contributed by atoms with Crippen molar-refractivity contribution >= 4 is 18.1 Å². The van der Waals surface area contributed by atoms with Crippen LogP contribution in [0, 0.1) is 11.3 Å². The summed E-state index contributed by atoms with van der Waals surface area (Å²) >= 11 is 0. The lowest BCUT2D eigenvalue weighted by atomic mass is 9.38. The van der Waals surface area contributed by atoms with Crippen LogP contribution in [-0.2, 0) is 19.7 Å². The molecule has 1 aromatic rings. The molecule has 7 rings (SSSR count). The van der Waals surface area contributed by atoms with Gasteiger partial charge < -0.3 is 14.4 Å². The quantitative estimate of drug-likeness (QED) is 0.580. The Hall–Kier alpha value is -2.08. The summed E-state index contributed by atoms with van der Waals surface area (Å²) in [5.74, 6) is 0.269. The first-order chi connectivity index (χ1) is 14.1. The van der Waals surface area contributed by atoms with Gasteiger partial charge in [-0.3, -0.25) is 14.5 Å². The van der Waals surface area contributed by atoms with Gasteiger partial charge in [-0.15, -0.1) is 0 Å². The van der Waals surface area contributed by atoms with Crippen molar-refractivity contribution in [2.45, 2.75) is 55.5 Å². The van der Waals surface area contributed by atoms with Crippen LogP contribution in [0.2, 0.25) is 0 Å². The van der Waals surface area contributed by atoms with Gasteiger partial charge in [0.15, 0.2) is 0 Å². The Labute approximate surface area is 171 Å². The van der Waals surface area contributed by atoms with Crippen molar-refractivity contribution in [2.24, 2.45) is 11.3 Å². The fraction of sp³-hybridized carbons (Fsp3) is 0.652. The number of para-hydroxylation sites is 1. The van der Waals surface area contributed by atoms with E-state index in [1.807, 2.05) is 17.0 Å². The van der Waals surface area contributed by atoms with Crippen LogP contribution in [0.5, 0.6) is 5.75 Å². The Morgan fingerprint density at radius 1 is 1.17 bits per heavy atom. The van der Waals surface area contributed by atoms with Gasteiger partial charge in [-0.1, -0.05) is 12.1 Å². The number of carbonyl (C=O) groups is 2. The Morgan fingerprint density at radius 3 is 2.79 bits per heavy atom. The number of methoxy groups -OCH3 is 2. The Balaban J connectivity index is 1.70. The van der Waals surface area contributed by atoms with Crippen LogP contribution in [0.15, 0.2) is 18.2 Å². The van der Waals surface area contributed by atoms with Gasteiger partial charge in [-0.25, -0.2) is 0 Å². The maximum absolute atomic E-state index is 13.2. The molecular formula is C23H28N2O4. The van der Waals surface area contributed by atoms with Gasteiger partial charge in [0.1, 0.15) is 5.75 Å². The highest BCUT2D eigenvalue weighted by molar-refractivity contribution is 5.93. The maximum Gasteiger partial charge on any atom is 0.311 e. The van der Waals surface area contributed by atoms with Crippen LogP contribution < -0.4 is 9.64 Å². The van der Waals surface area contributed by atoms with Crippen LogP contribution in [0.1, 0.15) is 44.1 Å². The van der Waals surface area contributed by atoms with E-state index in [1.165, 1.54) is 25.5 Å². The Kier molecular flexibility index (Phi) is 3.39. The summed E-state index contributed by atoms with van der Waals surface area (Å²) in [5.41, 5.74) is 1.43. The highest BCUT2D eigenvalue weighted by Crippen LogP contribution is 2.76. The van der Waals surface area contributed by atoms with E-state index in [4.69, 9.17) is 9.47 Å². The van der Waals surface area contributed by atoms with E-state index >= 15 is 0 Å². The van der Waals surface area contributed by atoms with Crippen molar-refractivity contribution in [2.75, 3.05) is 32.2 Å². The summed E-state index contributed by atoms with van der Waals surface area (Å²) in [5, 5.41) is 0. The molecular weight excluding hydrogens is 368 g/mol. The van der Waals surface area contributed by atoms with E-state index < -0.39 is 5.54 Å². The fourth-order valence-corrected chi connectivity index (χ4v) is 8.65. The van der Waals surface area contributed by atoms with Gasteiger partial charge in [-0.2, -0.15) is 0 Å². The molecule has 3 aliphatic carbocycles. The number of rotatable bonds is 3. The molecule has 3 spiro atoms. The van der Waals surface area contributed by atoms with Crippen molar-refractivity contribution in [3.8, 4) is 5.75 Å². The normalized spacial score (nSPS) is 41.5. The maximum atomic E-state index is 13.2. The molecule has 5 fully saturated rings. The second-order valence-electron chi connectivity index (χ2n) is 9.66. The van der Waals surface area contributed by atoms with Gasteiger partial charge in [0, 0.05) is 11.5 Å². The van der Waals surface area contributed by atoms with Crippen molar-refractivity contribution in [3.63, 3.8) is 0 Å². The summed E-state index contributed by atoms with van der Waals surface area (Å²) in [7, 11) is 3.15. The summed E-state index contributed by atoms with van der Waals surface area (Å²) in [6, 6.07) is 6.55. The molecule has 29 heavy (non-hydrogen) atoms. The second-order valence-corrected chi connectivity index (χ2v) is 9.66. The molecule has 0 N–H and O–H groups in total. The Bertz CT molecular complexity index is 918. The predicted octanol–water partition coefficient (Wildman–Crippen LogP) is 2.49. The minimum atomic E-state index is -0.558. The summed E-state index contributed by atoms with van der Waals surface area (Å²) in [4.78, 5) is 30.4. The lowest BCUT2D eigenvalue weighted by Crippen LogP contribution is -2.78. The van der Waals surface area contributed by atoms with Gasteiger partial charge in [-0.05, 0) is 68.7 Å². The number of piperidine rings is 1. The number of anilines is 1. The molecule has 2 saturated heterocycles. The van der Waals surface area contributed by atoms with Gasteiger partial charge in [0.25, 0.3) is 0 Å². The molecule has 6 heteroatoms. The minimum Gasteiger partial charge on any atom is -0.495 e. The van der Waals surface area contributed by atoms with E-state index in [0.29, 0.717) is 6.04 Å². The number of hydrogen-bond donors (Lipinski definition) is 0. The lowest BCUT2D eigenvalue weighted by Gasteiger charge is -2.69. The largest absolute Gasteiger partial charge is 0.495 e. The van der Waals surface area contributed by atoms with E-state index in [1.54, 1.807) is 7.11 Å². The number of fused-ring (bicyclic) bond motifs is 3. The van der Waals surface area contributed by atoms with E-state index in [2.05, 4.69) is 11.0 Å². The van der Waals surface area contributed by atoms with Crippen LogP contribution in [0.4, 0.5) is 5.69 Å². The summed E-state index contributed by atoms with van der Waals surface area (Å²) in [6.45, 7) is 2.15. The first kappa shape index (κ1) is 17.8. The molecule has 0 unspecified atom stereocenters. The van der Waals surface area contributed by atoms with Crippen LogP contribution in [0.3, 0.4) is 0 Å². The van der Waals surface area contributed by atoms with Crippen LogP contribution in [0.25, 0.3) is 0 Å². The monoisotopic (exact) mass is 396 g/mol. The third-order valence-electron chi connectivity index (χ3n) is 9.25. The van der Waals surface area contributed by atoms with Gasteiger partial charge >= 0.3 is 5.97 Å². The lowest BCUT2D eigenvalue weighted by molar-refractivity contribution is -0.175. The smallest absolute Gasteiger partial charge is 0.311 e. The molecule has 3 heterocycles. The zero-order chi connectivity index (χ0) is 20.0. The SMILES string of the molecule is COC(=O)[C@H]1C[C@]23CCCN4CC[C@@]5(c6cccc(OC)c6N(C=O)[C@@]15CC2)[C@H]43. The van der Waals surface area contributed by atoms with Crippen LogP contribution >= 0.6 is 0 Å². The zero-order valence-electron chi connectivity index (χ0n) is 17.1. The van der Waals surface area contributed by atoms with Crippen molar-refractivity contribution < 1.29 is 19.1 Å². The highest BCUT2D eigenvalue weighted by atomic mass is 16.5. The molecule has 1 aromatic carbocycles. The number of hydrogen-bond acceptors (Lipinski definition) is 5. The molecule has 3 aliphatic heterocycles. The standard InChI is InChI=1S/C23H28N2O4/c1-28-17-6-3-5-15-18(17)25(14-26)23-9-8-21(13-16(23)19(27)29-2)7-4-11-24-12-10-22(15,23)20(21)24/h3,5-6,14,16,20H,4,7-13H2,1-2H3/t16-,20-,21+,22-,23+/m1/s1. The number of ether oxygens (including phenoxy) is 2. The Morgan fingerprint density at radius 2 is 2.03 bits per heavy atom. The minimum absolute atomic E-state index is 0.134. The highest BCUT2D eigenvalue weighted by Gasteiger charge is 2.81. The average molecular weight is 396 g/mol. The molecule has 2 bridgehead atoms. The predicted molar refractivity (Wildman–Crippen MR) is 107 cm³/mol. The van der Waals surface area contributed by atoms with E-state index in [-0.39, 0.29) is 22.7 Å². The van der Waals surface area contributed by atoms with Gasteiger partial charge in [0.05, 0.1) is 31.4 Å². The molecule has 1 amide bonds. The first-order valence-corrected chi connectivity index (χ1v) is 10.8. The molecule has 0 aromatic heterocycles. The molecule has 0 radical (unpaired) electrons. The molecule has 6 nitrogen and oxygen atoms in total. The molecule has 6 aliphatic rings. The number of esters is 1. The van der Waals surface area contributed by atoms with E-state index in [9.17, 15) is 9.59 Å². The fourth-order valence-electron chi connectivity index (χ4n) is 8.65. The average Bonchev–Trinajstić information content (AvgIpc) is 3.28. The summed E-state index contributed by atoms with van der Waals surface area (Å²) in [6.07, 6.45) is 7.05. The third-order valence-corrected chi connectivity index (χ3v) is 9.25. The van der Waals surface area contributed by atoms with Crippen LogP contribution in [-0.4, -0.2) is 56.2 Å². The number of nitrogens with zero attached hydrogens (tertiary/aromatic N) is 2. The first-order valence-electron chi connectivity index (χ1n) is 10.8. The summed E-state index contributed by atoms with van der Waals surface area (Å²) < 4.78 is 11.1. The van der Waals surface area contributed by atoms with E-state index in [0.717, 1.165) is 56.6 Å². The number of carbonyl (C=O) groups excluding carboxylic acids is 2. The topological polar surface area (TPSA) is 59.1 Å². The molecule has 154 valence electrons. The molecule has 3 saturated carbocycles.